The molecule has 2 aliphatic rings. The SMILES string of the molecule is CCOC(=O)C1(N)CCC(N(C)CC2CCCC2)C1. The first kappa shape index (κ1) is 14.8. The Labute approximate surface area is 116 Å². The summed E-state index contributed by atoms with van der Waals surface area (Å²) in [5.74, 6) is 0.632. The van der Waals surface area contributed by atoms with Crippen LogP contribution < -0.4 is 5.73 Å². The first-order valence-electron chi connectivity index (χ1n) is 7.71. The van der Waals surface area contributed by atoms with Crippen molar-refractivity contribution < 1.29 is 9.53 Å². The highest BCUT2D eigenvalue weighted by Gasteiger charge is 2.44. The van der Waals surface area contributed by atoms with Gasteiger partial charge in [-0.3, -0.25) is 4.79 Å². The number of carbonyl (C=O) groups is 1. The first-order chi connectivity index (χ1) is 9.05. The molecule has 0 heterocycles. The van der Waals surface area contributed by atoms with Crippen molar-refractivity contribution in [2.45, 2.75) is 63.5 Å². The quantitative estimate of drug-likeness (QED) is 0.774. The average Bonchev–Trinajstić information content (AvgIpc) is 3.00. The van der Waals surface area contributed by atoms with Crippen molar-refractivity contribution in [3.8, 4) is 0 Å². The van der Waals surface area contributed by atoms with Crippen LogP contribution in [0.4, 0.5) is 0 Å². The van der Waals surface area contributed by atoms with Gasteiger partial charge >= 0.3 is 5.97 Å². The molecule has 0 aliphatic heterocycles. The van der Waals surface area contributed by atoms with Gasteiger partial charge in [0.1, 0.15) is 5.54 Å². The molecule has 2 aliphatic carbocycles. The van der Waals surface area contributed by atoms with Crippen LogP contribution in [0.3, 0.4) is 0 Å². The molecule has 2 N–H and O–H groups in total. The van der Waals surface area contributed by atoms with Crippen LogP contribution in [0.2, 0.25) is 0 Å². The summed E-state index contributed by atoms with van der Waals surface area (Å²) in [7, 11) is 2.18. The molecule has 0 aromatic heterocycles. The van der Waals surface area contributed by atoms with Crippen LogP contribution in [0.25, 0.3) is 0 Å². The van der Waals surface area contributed by atoms with E-state index in [4.69, 9.17) is 10.5 Å². The molecule has 0 aromatic rings. The molecule has 110 valence electrons. The van der Waals surface area contributed by atoms with Crippen molar-refractivity contribution >= 4 is 5.97 Å². The lowest BCUT2D eigenvalue weighted by Crippen LogP contribution is -2.48. The standard InChI is InChI=1S/C15H28N2O2/c1-3-19-14(18)15(16)9-8-13(10-15)17(2)11-12-6-4-5-7-12/h12-13H,3-11,16H2,1-2H3. The normalized spacial score (nSPS) is 32.1. The Hall–Kier alpha value is -0.610. The predicted molar refractivity (Wildman–Crippen MR) is 75.8 cm³/mol. The molecule has 19 heavy (non-hydrogen) atoms. The molecule has 2 fully saturated rings. The summed E-state index contributed by atoms with van der Waals surface area (Å²) in [5, 5.41) is 0. The smallest absolute Gasteiger partial charge is 0.326 e. The Bertz CT molecular complexity index is 315. The average molecular weight is 268 g/mol. The summed E-state index contributed by atoms with van der Waals surface area (Å²) in [6.07, 6.45) is 8.00. The van der Waals surface area contributed by atoms with E-state index < -0.39 is 5.54 Å². The van der Waals surface area contributed by atoms with Crippen LogP contribution in [0, 0.1) is 5.92 Å². The largest absolute Gasteiger partial charge is 0.465 e. The van der Waals surface area contributed by atoms with E-state index in [9.17, 15) is 4.79 Å². The van der Waals surface area contributed by atoms with Crippen molar-refractivity contribution in [1.82, 2.24) is 4.90 Å². The van der Waals surface area contributed by atoms with Crippen LogP contribution in [0.15, 0.2) is 0 Å². The molecule has 0 aromatic carbocycles. The van der Waals surface area contributed by atoms with Gasteiger partial charge in [-0.05, 0) is 52.0 Å². The van der Waals surface area contributed by atoms with Gasteiger partial charge in [-0.1, -0.05) is 12.8 Å². The molecular formula is C15H28N2O2. The topological polar surface area (TPSA) is 55.6 Å². The maximum absolute atomic E-state index is 11.9. The summed E-state index contributed by atoms with van der Waals surface area (Å²) in [5.41, 5.74) is 5.48. The first-order valence-corrected chi connectivity index (χ1v) is 7.71. The lowest BCUT2D eigenvalue weighted by atomic mass is 9.98. The molecule has 2 atom stereocenters. The Morgan fingerprint density at radius 3 is 2.68 bits per heavy atom. The monoisotopic (exact) mass is 268 g/mol. The van der Waals surface area contributed by atoms with Gasteiger partial charge < -0.3 is 15.4 Å². The van der Waals surface area contributed by atoms with E-state index in [0.717, 1.165) is 31.7 Å². The van der Waals surface area contributed by atoms with Crippen LogP contribution in [0.5, 0.6) is 0 Å². The van der Waals surface area contributed by atoms with Gasteiger partial charge in [0.25, 0.3) is 0 Å². The Morgan fingerprint density at radius 2 is 2.05 bits per heavy atom. The van der Waals surface area contributed by atoms with E-state index in [2.05, 4.69) is 11.9 Å². The molecular weight excluding hydrogens is 240 g/mol. The van der Waals surface area contributed by atoms with Gasteiger partial charge in [-0.15, -0.1) is 0 Å². The Balaban J connectivity index is 1.84. The minimum atomic E-state index is -0.745. The molecule has 0 radical (unpaired) electrons. The van der Waals surface area contributed by atoms with Gasteiger partial charge in [0.2, 0.25) is 0 Å². The van der Waals surface area contributed by atoms with Crippen molar-refractivity contribution in [3.05, 3.63) is 0 Å². The van der Waals surface area contributed by atoms with Gasteiger partial charge in [0, 0.05) is 12.6 Å². The number of hydrogen-bond donors (Lipinski definition) is 1. The van der Waals surface area contributed by atoms with Crippen molar-refractivity contribution in [1.29, 1.82) is 0 Å². The lowest BCUT2D eigenvalue weighted by molar-refractivity contribution is -0.149. The number of carbonyl (C=O) groups excluding carboxylic acids is 1. The Morgan fingerprint density at radius 1 is 1.37 bits per heavy atom. The molecule has 0 saturated heterocycles. The highest BCUT2D eigenvalue weighted by molar-refractivity contribution is 5.81. The molecule has 2 saturated carbocycles. The third-order valence-electron chi connectivity index (χ3n) is 4.85. The maximum Gasteiger partial charge on any atom is 0.326 e. The van der Waals surface area contributed by atoms with Crippen molar-refractivity contribution in [2.24, 2.45) is 11.7 Å². The molecule has 0 bridgehead atoms. The third kappa shape index (κ3) is 3.48. The summed E-state index contributed by atoms with van der Waals surface area (Å²) < 4.78 is 5.11. The predicted octanol–water partition coefficient (Wildman–Crippen LogP) is 1.92. The second-order valence-corrected chi connectivity index (χ2v) is 6.36. The molecule has 4 nitrogen and oxygen atoms in total. The van der Waals surface area contributed by atoms with E-state index in [0.29, 0.717) is 12.6 Å². The third-order valence-corrected chi connectivity index (χ3v) is 4.85. The van der Waals surface area contributed by atoms with Crippen molar-refractivity contribution in [2.75, 3.05) is 20.2 Å². The minimum absolute atomic E-state index is 0.216. The number of hydrogen-bond acceptors (Lipinski definition) is 4. The number of rotatable bonds is 5. The summed E-state index contributed by atoms with van der Waals surface area (Å²) in [6, 6.07) is 0.440. The fraction of sp³-hybridized carbons (Fsp3) is 0.933. The van der Waals surface area contributed by atoms with Crippen molar-refractivity contribution in [3.63, 3.8) is 0 Å². The molecule has 2 rings (SSSR count). The fourth-order valence-corrected chi connectivity index (χ4v) is 3.63. The van der Waals surface area contributed by atoms with Crippen LogP contribution >= 0.6 is 0 Å². The van der Waals surface area contributed by atoms with E-state index >= 15 is 0 Å². The van der Waals surface area contributed by atoms with E-state index in [1.165, 1.54) is 25.7 Å². The summed E-state index contributed by atoms with van der Waals surface area (Å²) >= 11 is 0. The maximum atomic E-state index is 11.9. The van der Waals surface area contributed by atoms with Gasteiger partial charge in [0.05, 0.1) is 6.61 Å². The van der Waals surface area contributed by atoms with E-state index in [1.54, 1.807) is 0 Å². The zero-order valence-electron chi connectivity index (χ0n) is 12.4. The summed E-state index contributed by atoms with van der Waals surface area (Å²) in [6.45, 7) is 3.41. The Kier molecular flexibility index (Phi) is 4.85. The number of ether oxygens (including phenoxy) is 1. The second-order valence-electron chi connectivity index (χ2n) is 6.36. The van der Waals surface area contributed by atoms with Crippen LogP contribution in [-0.2, 0) is 9.53 Å². The fourth-order valence-electron chi connectivity index (χ4n) is 3.63. The highest BCUT2D eigenvalue weighted by Crippen LogP contribution is 2.33. The minimum Gasteiger partial charge on any atom is -0.465 e. The zero-order chi connectivity index (χ0) is 13.9. The van der Waals surface area contributed by atoms with Crippen LogP contribution in [0.1, 0.15) is 51.9 Å². The number of nitrogens with zero attached hydrogens (tertiary/aromatic N) is 1. The van der Waals surface area contributed by atoms with E-state index in [1.807, 2.05) is 6.92 Å². The van der Waals surface area contributed by atoms with Gasteiger partial charge in [-0.2, -0.15) is 0 Å². The van der Waals surface area contributed by atoms with Crippen LogP contribution in [-0.4, -0.2) is 42.6 Å². The van der Waals surface area contributed by atoms with Gasteiger partial charge in [0.15, 0.2) is 0 Å². The highest BCUT2D eigenvalue weighted by atomic mass is 16.5. The zero-order valence-corrected chi connectivity index (χ0v) is 12.4. The summed E-state index contributed by atoms with van der Waals surface area (Å²) in [4.78, 5) is 14.3. The molecule has 0 amide bonds. The lowest BCUT2D eigenvalue weighted by Gasteiger charge is -2.28. The molecule has 4 heteroatoms. The second kappa shape index (κ2) is 6.23. The molecule has 0 spiro atoms. The number of esters is 1. The number of nitrogens with two attached hydrogens (primary N) is 1. The van der Waals surface area contributed by atoms with E-state index in [-0.39, 0.29) is 5.97 Å². The van der Waals surface area contributed by atoms with Gasteiger partial charge in [-0.25, -0.2) is 0 Å². The molecule has 2 unspecified atom stereocenters.